The van der Waals surface area contributed by atoms with Crippen LogP contribution in [0.25, 0.3) is 10.4 Å². The van der Waals surface area contributed by atoms with Crippen molar-refractivity contribution in [1.29, 1.82) is 0 Å². The Kier molecular flexibility index (Phi) is 5.45. The third kappa shape index (κ3) is 3.82. The Hall–Kier alpha value is -2.42. The van der Waals surface area contributed by atoms with E-state index >= 15 is 0 Å². The molecule has 0 bridgehead atoms. The molecule has 0 saturated carbocycles. The highest BCUT2D eigenvalue weighted by Gasteiger charge is 2.21. The summed E-state index contributed by atoms with van der Waals surface area (Å²) >= 11 is 8.57. The SMILES string of the molecule is Brc1cccc(N(c2ccc(-c3scc4c3OCCO4)cc2)c2cccc(Br)n2)n1. The molecule has 0 aliphatic carbocycles. The number of ether oxygens (including phenoxy) is 2. The molecule has 1 aliphatic heterocycles. The lowest BCUT2D eigenvalue weighted by molar-refractivity contribution is 0.174. The number of aromatic nitrogens is 2. The van der Waals surface area contributed by atoms with Crippen molar-refractivity contribution in [3.8, 4) is 21.9 Å². The van der Waals surface area contributed by atoms with Crippen molar-refractivity contribution in [3.63, 3.8) is 0 Å². The minimum Gasteiger partial charge on any atom is -0.485 e. The van der Waals surface area contributed by atoms with Gasteiger partial charge in [0.05, 0.1) is 4.88 Å². The van der Waals surface area contributed by atoms with E-state index in [1.54, 1.807) is 11.3 Å². The van der Waals surface area contributed by atoms with Crippen molar-refractivity contribution in [2.45, 2.75) is 0 Å². The third-order valence-electron chi connectivity index (χ3n) is 4.55. The molecule has 30 heavy (non-hydrogen) atoms. The van der Waals surface area contributed by atoms with Crippen molar-refractivity contribution < 1.29 is 9.47 Å². The lowest BCUT2D eigenvalue weighted by Crippen LogP contribution is -2.14. The number of halogens is 2. The summed E-state index contributed by atoms with van der Waals surface area (Å²) in [5, 5.41) is 2.00. The predicted octanol–water partition coefficient (Wildman–Crippen LogP) is 6.97. The van der Waals surface area contributed by atoms with Crippen LogP contribution in [-0.2, 0) is 0 Å². The number of hydrogen-bond donors (Lipinski definition) is 0. The number of nitrogens with zero attached hydrogens (tertiary/aromatic N) is 3. The number of thiophene rings is 1. The van der Waals surface area contributed by atoms with Crippen molar-refractivity contribution >= 4 is 60.5 Å². The van der Waals surface area contributed by atoms with Crippen molar-refractivity contribution in [1.82, 2.24) is 9.97 Å². The molecule has 3 aromatic heterocycles. The molecular weight excluding hydrogens is 530 g/mol. The standard InChI is InChI=1S/C22H15Br2N3O2S/c23-17-3-1-5-19(25-17)27(20-6-2-4-18(24)26-20)15-9-7-14(8-10-15)22-21-16(13-30-22)28-11-12-29-21/h1-10,13H,11-12H2. The van der Waals surface area contributed by atoms with Crippen molar-refractivity contribution in [2.24, 2.45) is 0 Å². The highest BCUT2D eigenvalue weighted by Crippen LogP contribution is 2.46. The van der Waals surface area contributed by atoms with Crippen molar-refractivity contribution in [3.05, 3.63) is 75.3 Å². The Morgan fingerprint density at radius 1 is 0.800 bits per heavy atom. The van der Waals surface area contributed by atoms with Gasteiger partial charge in [-0.2, -0.15) is 0 Å². The van der Waals surface area contributed by atoms with Crippen LogP contribution in [0.3, 0.4) is 0 Å². The minimum atomic E-state index is 0.575. The highest BCUT2D eigenvalue weighted by molar-refractivity contribution is 9.10. The second-order valence-corrected chi connectivity index (χ2v) is 8.98. The van der Waals surface area contributed by atoms with E-state index in [4.69, 9.17) is 9.47 Å². The summed E-state index contributed by atoms with van der Waals surface area (Å²) in [4.78, 5) is 12.4. The van der Waals surface area contributed by atoms with Gasteiger partial charge in [0.25, 0.3) is 0 Å². The molecule has 0 spiro atoms. The summed E-state index contributed by atoms with van der Waals surface area (Å²) in [5.41, 5.74) is 2.04. The molecule has 5 rings (SSSR count). The Morgan fingerprint density at radius 3 is 2.07 bits per heavy atom. The molecule has 150 valence electrons. The zero-order valence-electron chi connectivity index (χ0n) is 15.6. The molecule has 0 unspecified atom stereocenters. The molecule has 0 N–H and O–H groups in total. The average molecular weight is 545 g/mol. The summed E-state index contributed by atoms with van der Waals surface area (Å²) in [6.45, 7) is 1.17. The topological polar surface area (TPSA) is 47.5 Å². The van der Waals surface area contributed by atoms with Gasteiger partial charge in [0, 0.05) is 11.1 Å². The first-order valence-electron chi connectivity index (χ1n) is 9.22. The second-order valence-electron chi connectivity index (χ2n) is 6.47. The van der Waals surface area contributed by atoms with E-state index in [2.05, 4.69) is 66.1 Å². The van der Waals surface area contributed by atoms with E-state index in [-0.39, 0.29) is 0 Å². The average Bonchev–Trinajstić information content (AvgIpc) is 3.19. The first-order chi connectivity index (χ1) is 14.7. The highest BCUT2D eigenvalue weighted by atomic mass is 79.9. The van der Waals surface area contributed by atoms with E-state index in [0.29, 0.717) is 13.2 Å². The predicted molar refractivity (Wildman–Crippen MR) is 126 cm³/mol. The van der Waals surface area contributed by atoms with E-state index in [9.17, 15) is 0 Å². The van der Waals surface area contributed by atoms with Crippen LogP contribution in [0, 0.1) is 0 Å². The Balaban J connectivity index is 1.56. The summed E-state index contributed by atoms with van der Waals surface area (Å²) in [6.07, 6.45) is 0. The number of rotatable bonds is 4. The maximum atomic E-state index is 5.84. The van der Waals surface area contributed by atoms with Crippen LogP contribution in [0.1, 0.15) is 0 Å². The molecule has 5 nitrogen and oxygen atoms in total. The summed E-state index contributed by atoms with van der Waals surface area (Å²) in [7, 11) is 0. The number of hydrogen-bond acceptors (Lipinski definition) is 6. The first-order valence-corrected chi connectivity index (χ1v) is 11.7. The Morgan fingerprint density at radius 2 is 1.43 bits per heavy atom. The van der Waals surface area contributed by atoms with Crippen LogP contribution in [0.4, 0.5) is 17.3 Å². The van der Waals surface area contributed by atoms with Crippen LogP contribution < -0.4 is 14.4 Å². The Bertz CT molecular complexity index is 1150. The fourth-order valence-electron chi connectivity index (χ4n) is 3.25. The molecule has 1 aliphatic rings. The minimum absolute atomic E-state index is 0.575. The fraction of sp³-hybridized carbons (Fsp3) is 0.0909. The van der Waals surface area contributed by atoms with Gasteiger partial charge in [0.15, 0.2) is 11.5 Å². The zero-order valence-corrected chi connectivity index (χ0v) is 19.6. The molecule has 0 radical (unpaired) electrons. The molecule has 8 heteroatoms. The summed E-state index contributed by atoms with van der Waals surface area (Å²) < 4.78 is 13.0. The van der Waals surface area contributed by atoms with E-state index < -0.39 is 0 Å². The summed E-state index contributed by atoms with van der Waals surface area (Å²) in [5.74, 6) is 3.20. The van der Waals surface area contributed by atoms with Crippen LogP contribution >= 0.6 is 43.2 Å². The van der Waals surface area contributed by atoms with E-state index in [1.165, 1.54) is 0 Å². The van der Waals surface area contributed by atoms with Crippen LogP contribution in [0.5, 0.6) is 11.5 Å². The number of fused-ring (bicyclic) bond motifs is 1. The smallest absolute Gasteiger partial charge is 0.179 e. The molecule has 0 fully saturated rings. The number of pyridine rings is 2. The van der Waals surface area contributed by atoms with Gasteiger partial charge in [-0.05, 0) is 73.8 Å². The first kappa shape index (κ1) is 19.5. The van der Waals surface area contributed by atoms with Gasteiger partial charge in [-0.3, -0.25) is 4.90 Å². The zero-order chi connectivity index (χ0) is 20.5. The Labute approximate surface area is 194 Å². The van der Waals surface area contributed by atoms with Gasteiger partial charge in [-0.25, -0.2) is 9.97 Å². The van der Waals surface area contributed by atoms with Gasteiger partial charge in [-0.1, -0.05) is 24.3 Å². The molecule has 4 heterocycles. The largest absolute Gasteiger partial charge is 0.485 e. The van der Waals surface area contributed by atoms with Gasteiger partial charge in [0.1, 0.15) is 34.1 Å². The molecule has 1 aromatic carbocycles. The van der Waals surface area contributed by atoms with E-state index in [0.717, 1.165) is 48.5 Å². The van der Waals surface area contributed by atoms with Gasteiger partial charge >= 0.3 is 0 Å². The monoisotopic (exact) mass is 543 g/mol. The van der Waals surface area contributed by atoms with Gasteiger partial charge in [0.2, 0.25) is 0 Å². The summed E-state index contributed by atoms with van der Waals surface area (Å²) in [6, 6.07) is 20.0. The van der Waals surface area contributed by atoms with Gasteiger partial charge in [-0.15, -0.1) is 11.3 Å². The van der Waals surface area contributed by atoms with Crippen LogP contribution in [0.15, 0.2) is 75.3 Å². The lowest BCUT2D eigenvalue weighted by atomic mass is 10.1. The quantitative estimate of drug-likeness (QED) is 0.259. The normalized spacial score (nSPS) is 12.6. The fourth-order valence-corrected chi connectivity index (χ4v) is 4.86. The third-order valence-corrected chi connectivity index (χ3v) is 6.42. The molecule has 4 aromatic rings. The molecular formula is C22H15Br2N3O2S. The van der Waals surface area contributed by atoms with Crippen LogP contribution in [0.2, 0.25) is 0 Å². The molecule has 0 atom stereocenters. The molecule has 0 amide bonds. The number of benzene rings is 1. The maximum absolute atomic E-state index is 5.84. The van der Waals surface area contributed by atoms with Gasteiger partial charge < -0.3 is 9.47 Å². The second kappa shape index (κ2) is 8.37. The maximum Gasteiger partial charge on any atom is 0.179 e. The lowest BCUT2D eigenvalue weighted by Gasteiger charge is -2.23. The van der Waals surface area contributed by atoms with Crippen LogP contribution in [-0.4, -0.2) is 23.2 Å². The van der Waals surface area contributed by atoms with E-state index in [1.807, 2.05) is 46.7 Å². The number of anilines is 3. The molecule has 0 saturated heterocycles. The van der Waals surface area contributed by atoms with Crippen molar-refractivity contribution in [2.75, 3.05) is 18.1 Å².